The second-order valence-electron chi connectivity index (χ2n) is 2.60. The lowest BCUT2D eigenvalue weighted by Crippen LogP contribution is -2.05. The van der Waals surface area contributed by atoms with Gasteiger partial charge in [-0.15, -0.1) is 0 Å². The van der Waals surface area contributed by atoms with Gasteiger partial charge in [0.2, 0.25) is 0 Å². The standard InChI is InChI=1S/C10H11NO2/c1-4-8-5-11-6-9(7(8)2)10(12)13-3/h4-6H,1H2,2-3H3. The second-order valence-corrected chi connectivity index (χ2v) is 2.60. The van der Waals surface area contributed by atoms with Crippen LogP contribution in [0.4, 0.5) is 0 Å². The normalized spacial score (nSPS) is 9.38. The van der Waals surface area contributed by atoms with Gasteiger partial charge in [0, 0.05) is 12.4 Å². The summed E-state index contributed by atoms with van der Waals surface area (Å²) in [4.78, 5) is 15.1. The molecular formula is C10H11NO2. The van der Waals surface area contributed by atoms with Crippen molar-refractivity contribution in [3.05, 3.63) is 35.7 Å². The minimum Gasteiger partial charge on any atom is -0.465 e. The maximum atomic E-state index is 11.2. The lowest BCUT2D eigenvalue weighted by molar-refractivity contribution is 0.0599. The molecule has 0 saturated carbocycles. The van der Waals surface area contributed by atoms with Crippen molar-refractivity contribution >= 4 is 12.0 Å². The fourth-order valence-electron chi connectivity index (χ4n) is 1.06. The molecule has 0 N–H and O–H groups in total. The van der Waals surface area contributed by atoms with Crippen LogP contribution in [0.25, 0.3) is 6.08 Å². The van der Waals surface area contributed by atoms with Crippen molar-refractivity contribution in [2.75, 3.05) is 7.11 Å². The average molecular weight is 177 g/mol. The smallest absolute Gasteiger partial charge is 0.339 e. The van der Waals surface area contributed by atoms with Crippen LogP contribution >= 0.6 is 0 Å². The van der Waals surface area contributed by atoms with Crippen LogP contribution in [0.5, 0.6) is 0 Å². The zero-order valence-electron chi connectivity index (χ0n) is 7.70. The first-order valence-electron chi connectivity index (χ1n) is 3.86. The zero-order valence-corrected chi connectivity index (χ0v) is 7.70. The highest BCUT2D eigenvalue weighted by Gasteiger charge is 2.10. The van der Waals surface area contributed by atoms with Crippen LogP contribution in [0.15, 0.2) is 19.0 Å². The van der Waals surface area contributed by atoms with Crippen LogP contribution in [0.1, 0.15) is 21.5 Å². The molecule has 0 unspecified atom stereocenters. The molecule has 68 valence electrons. The van der Waals surface area contributed by atoms with Gasteiger partial charge in [0.25, 0.3) is 0 Å². The highest BCUT2D eigenvalue weighted by atomic mass is 16.5. The number of hydrogen-bond acceptors (Lipinski definition) is 3. The number of hydrogen-bond donors (Lipinski definition) is 0. The molecule has 1 rings (SSSR count). The van der Waals surface area contributed by atoms with Crippen LogP contribution in [-0.2, 0) is 4.74 Å². The second kappa shape index (κ2) is 3.85. The third-order valence-electron chi connectivity index (χ3n) is 1.88. The van der Waals surface area contributed by atoms with Crippen molar-refractivity contribution in [2.24, 2.45) is 0 Å². The first-order chi connectivity index (χ1) is 6.20. The summed E-state index contributed by atoms with van der Waals surface area (Å²) in [5, 5.41) is 0. The zero-order chi connectivity index (χ0) is 9.84. The summed E-state index contributed by atoms with van der Waals surface area (Å²) >= 11 is 0. The summed E-state index contributed by atoms with van der Waals surface area (Å²) in [7, 11) is 1.35. The third kappa shape index (κ3) is 1.75. The Bertz CT molecular complexity index is 345. The van der Waals surface area contributed by atoms with Crippen LogP contribution in [0, 0.1) is 6.92 Å². The van der Waals surface area contributed by atoms with Crippen molar-refractivity contribution in [2.45, 2.75) is 6.92 Å². The SMILES string of the molecule is C=Cc1cncc(C(=O)OC)c1C. The van der Waals surface area contributed by atoms with Gasteiger partial charge >= 0.3 is 5.97 Å². The molecule has 0 aromatic carbocycles. The molecule has 3 heteroatoms. The predicted octanol–water partition coefficient (Wildman–Crippen LogP) is 1.82. The third-order valence-corrected chi connectivity index (χ3v) is 1.88. The van der Waals surface area contributed by atoms with Crippen LogP contribution < -0.4 is 0 Å². The van der Waals surface area contributed by atoms with Gasteiger partial charge in [0.1, 0.15) is 0 Å². The Hall–Kier alpha value is -1.64. The van der Waals surface area contributed by atoms with E-state index in [1.165, 1.54) is 13.3 Å². The topological polar surface area (TPSA) is 39.2 Å². The molecule has 0 spiro atoms. The molecule has 0 bridgehead atoms. The van der Waals surface area contributed by atoms with E-state index in [-0.39, 0.29) is 5.97 Å². The summed E-state index contributed by atoms with van der Waals surface area (Å²) in [5.41, 5.74) is 2.18. The number of ether oxygens (including phenoxy) is 1. The van der Waals surface area contributed by atoms with Crippen LogP contribution in [-0.4, -0.2) is 18.1 Å². The van der Waals surface area contributed by atoms with E-state index in [1.54, 1.807) is 12.3 Å². The number of nitrogens with zero attached hydrogens (tertiary/aromatic N) is 1. The van der Waals surface area contributed by atoms with E-state index in [1.807, 2.05) is 6.92 Å². The van der Waals surface area contributed by atoms with E-state index in [9.17, 15) is 4.79 Å². The van der Waals surface area contributed by atoms with Gasteiger partial charge in [-0.25, -0.2) is 4.79 Å². The molecule has 13 heavy (non-hydrogen) atoms. The van der Waals surface area contributed by atoms with Crippen molar-refractivity contribution in [1.29, 1.82) is 0 Å². The summed E-state index contributed by atoms with van der Waals surface area (Å²) in [6, 6.07) is 0. The van der Waals surface area contributed by atoms with Gasteiger partial charge in [0.15, 0.2) is 0 Å². The van der Waals surface area contributed by atoms with Crippen molar-refractivity contribution < 1.29 is 9.53 Å². The van der Waals surface area contributed by atoms with E-state index in [0.29, 0.717) is 5.56 Å². The van der Waals surface area contributed by atoms with Crippen LogP contribution in [0.3, 0.4) is 0 Å². The summed E-state index contributed by atoms with van der Waals surface area (Å²) in [6.07, 6.45) is 4.82. The minimum atomic E-state index is -0.367. The first-order valence-corrected chi connectivity index (χ1v) is 3.86. The summed E-state index contributed by atoms with van der Waals surface area (Å²) in [5.74, 6) is -0.367. The van der Waals surface area contributed by atoms with Crippen molar-refractivity contribution in [3.63, 3.8) is 0 Å². The van der Waals surface area contributed by atoms with Gasteiger partial charge in [-0.2, -0.15) is 0 Å². The Morgan fingerprint density at radius 1 is 1.62 bits per heavy atom. The molecule has 0 amide bonds. The molecule has 0 aliphatic carbocycles. The molecule has 0 aliphatic rings. The molecular weight excluding hydrogens is 166 g/mol. The molecule has 0 atom stereocenters. The number of carbonyl (C=O) groups excluding carboxylic acids is 1. The van der Waals surface area contributed by atoms with Gasteiger partial charge in [0.05, 0.1) is 12.7 Å². The molecule has 3 nitrogen and oxygen atoms in total. The molecule has 1 heterocycles. The Labute approximate surface area is 77.1 Å². The number of methoxy groups -OCH3 is 1. The molecule has 1 aromatic heterocycles. The summed E-state index contributed by atoms with van der Waals surface area (Å²) < 4.78 is 4.60. The molecule has 0 fully saturated rings. The van der Waals surface area contributed by atoms with E-state index >= 15 is 0 Å². The minimum absolute atomic E-state index is 0.367. The number of carbonyl (C=O) groups is 1. The maximum absolute atomic E-state index is 11.2. The van der Waals surface area contributed by atoms with Crippen molar-refractivity contribution in [1.82, 2.24) is 4.98 Å². The number of aromatic nitrogens is 1. The lowest BCUT2D eigenvalue weighted by atomic mass is 10.1. The van der Waals surface area contributed by atoms with Gasteiger partial charge in [-0.05, 0) is 18.1 Å². The van der Waals surface area contributed by atoms with Crippen LogP contribution in [0.2, 0.25) is 0 Å². The average Bonchev–Trinajstić information content (AvgIpc) is 2.17. The number of esters is 1. The highest BCUT2D eigenvalue weighted by molar-refractivity contribution is 5.91. The Morgan fingerprint density at radius 2 is 2.31 bits per heavy atom. The molecule has 0 radical (unpaired) electrons. The molecule has 1 aromatic rings. The van der Waals surface area contributed by atoms with E-state index in [2.05, 4.69) is 16.3 Å². The molecule has 0 aliphatic heterocycles. The Balaban J connectivity index is 3.23. The molecule has 0 saturated heterocycles. The summed E-state index contributed by atoms with van der Waals surface area (Å²) in [6.45, 7) is 5.46. The largest absolute Gasteiger partial charge is 0.465 e. The number of pyridine rings is 1. The Kier molecular flexibility index (Phi) is 2.80. The van der Waals surface area contributed by atoms with Crippen molar-refractivity contribution in [3.8, 4) is 0 Å². The monoisotopic (exact) mass is 177 g/mol. The predicted molar refractivity (Wildman–Crippen MR) is 50.4 cm³/mol. The number of rotatable bonds is 2. The van der Waals surface area contributed by atoms with E-state index < -0.39 is 0 Å². The van der Waals surface area contributed by atoms with E-state index in [4.69, 9.17) is 0 Å². The fourth-order valence-corrected chi connectivity index (χ4v) is 1.06. The van der Waals surface area contributed by atoms with Gasteiger partial charge < -0.3 is 4.74 Å². The van der Waals surface area contributed by atoms with Gasteiger partial charge in [-0.3, -0.25) is 4.98 Å². The van der Waals surface area contributed by atoms with E-state index in [0.717, 1.165) is 11.1 Å². The van der Waals surface area contributed by atoms with Gasteiger partial charge in [-0.1, -0.05) is 12.7 Å². The quantitative estimate of drug-likeness (QED) is 0.647. The lowest BCUT2D eigenvalue weighted by Gasteiger charge is -2.04. The fraction of sp³-hybridized carbons (Fsp3) is 0.200. The Morgan fingerprint density at radius 3 is 2.85 bits per heavy atom. The maximum Gasteiger partial charge on any atom is 0.339 e. The first kappa shape index (κ1) is 9.45. The highest BCUT2D eigenvalue weighted by Crippen LogP contribution is 2.13.